The summed E-state index contributed by atoms with van der Waals surface area (Å²) in [5, 5.41) is 9.38. The molecule has 0 aromatic carbocycles. The number of carbonyl (C=O) groups excluding carboxylic acids is 3. The molecule has 0 spiro atoms. The predicted octanol–water partition coefficient (Wildman–Crippen LogP) is 4.09. The van der Waals surface area contributed by atoms with E-state index in [1.807, 2.05) is 48.5 Å². The molecule has 252 valence electrons. The monoisotopic (exact) mass is 628 g/mol. The predicted molar refractivity (Wildman–Crippen MR) is 175 cm³/mol. The lowest BCUT2D eigenvalue weighted by Crippen LogP contribution is -2.57. The van der Waals surface area contributed by atoms with E-state index in [-0.39, 0.29) is 28.7 Å². The summed E-state index contributed by atoms with van der Waals surface area (Å²) in [6.45, 7) is 29.3. The van der Waals surface area contributed by atoms with Gasteiger partial charge in [-0.2, -0.15) is 0 Å². The summed E-state index contributed by atoms with van der Waals surface area (Å²) in [4.78, 5) is 42.6. The Morgan fingerprint density at radius 1 is 0.860 bits per heavy atom. The van der Waals surface area contributed by atoms with Crippen molar-refractivity contribution in [1.82, 2.24) is 20.9 Å². The van der Waals surface area contributed by atoms with Crippen molar-refractivity contribution in [2.45, 2.75) is 130 Å². The number of nitrogens with zero attached hydrogens (tertiary/aromatic N) is 1. The molecule has 1 heterocycles. The van der Waals surface area contributed by atoms with Crippen molar-refractivity contribution < 1.29 is 28.3 Å². The zero-order valence-electron chi connectivity index (χ0n) is 29.4. The van der Waals surface area contributed by atoms with E-state index < -0.39 is 38.0 Å². The normalized spacial score (nSPS) is 17.4. The van der Waals surface area contributed by atoms with Gasteiger partial charge in [0.1, 0.15) is 17.7 Å². The minimum absolute atomic E-state index is 0.0378. The Labute approximate surface area is 263 Å². The zero-order chi connectivity index (χ0) is 33.0. The second-order valence-corrected chi connectivity index (χ2v) is 20.1. The molecule has 11 heteroatoms. The summed E-state index contributed by atoms with van der Waals surface area (Å²) < 4.78 is 17.5. The summed E-state index contributed by atoms with van der Waals surface area (Å²) in [5.74, 6) is -0.509. The van der Waals surface area contributed by atoms with Crippen LogP contribution in [0.5, 0.6) is 0 Å². The zero-order valence-corrected chi connectivity index (χ0v) is 30.4. The lowest BCUT2D eigenvalue weighted by molar-refractivity contribution is -0.158. The molecule has 0 unspecified atom stereocenters. The van der Waals surface area contributed by atoms with E-state index in [0.29, 0.717) is 45.6 Å². The number of morpholine rings is 1. The first kappa shape index (κ1) is 39.5. The van der Waals surface area contributed by atoms with Crippen LogP contribution in [0, 0.1) is 11.8 Å². The van der Waals surface area contributed by atoms with E-state index in [2.05, 4.69) is 54.7 Å². The van der Waals surface area contributed by atoms with Crippen molar-refractivity contribution in [3.8, 4) is 0 Å². The third-order valence-electron chi connectivity index (χ3n) is 7.96. The Morgan fingerprint density at radius 3 is 1.93 bits per heavy atom. The molecule has 3 atom stereocenters. The van der Waals surface area contributed by atoms with Gasteiger partial charge in [-0.15, -0.1) is 0 Å². The third kappa shape index (κ3) is 15.8. The number of rotatable bonds is 17. The smallest absolute Gasteiger partial charge is 0.323 e. The van der Waals surface area contributed by atoms with Crippen LogP contribution in [0.15, 0.2) is 0 Å². The molecule has 43 heavy (non-hydrogen) atoms. The van der Waals surface area contributed by atoms with Gasteiger partial charge in [-0.1, -0.05) is 48.5 Å². The summed E-state index contributed by atoms with van der Waals surface area (Å²) in [7, 11) is -2.03. The Kier molecular flexibility index (Phi) is 16.4. The maximum absolute atomic E-state index is 13.8. The molecular weight excluding hydrogens is 564 g/mol. The number of hydrogen-bond donors (Lipinski definition) is 3. The van der Waals surface area contributed by atoms with Gasteiger partial charge in [0.2, 0.25) is 11.8 Å². The van der Waals surface area contributed by atoms with Gasteiger partial charge < -0.3 is 24.5 Å². The van der Waals surface area contributed by atoms with Crippen LogP contribution in [0.1, 0.15) is 88.5 Å². The Balaban J connectivity index is 3.03. The number of nitrogens with one attached hydrogen (secondary N) is 3. The van der Waals surface area contributed by atoms with Crippen LogP contribution in [0.25, 0.3) is 0 Å². The first-order valence-electron chi connectivity index (χ1n) is 16.2. The average Bonchev–Trinajstić information content (AvgIpc) is 2.85. The summed E-state index contributed by atoms with van der Waals surface area (Å²) in [6, 6.07) is -2.08. The van der Waals surface area contributed by atoms with Gasteiger partial charge in [0.15, 0.2) is 8.32 Å². The molecule has 0 aromatic heterocycles. The van der Waals surface area contributed by atoms with Crippen LogP contribution in [-0.2, 0) is 28.3 Å². The molecule has 0 aromatic rings. The molecule has 0 radical (unpaired) electrons. The molecule has 10 nitrogen and oxygen atoms in total. The van der Waals surface area contributed by atoms with Gasteiger partial charge in [0.05, 0.1) is 19.3 Å². The highest BCUT2D eigenvalue weighted by molar-refractivity contribution is 6.74. The van der Waals surface area contributed by atoms with Gasteiger partial charge in [-0.25, -0.2) is 0 Å². The highest BCUT2D eigenvalue weighted by Crippen LogP contribution is 2.36. The number of amides is 2. The van der Waals surface area contributed by atoms with Crippen molar-refractivity contribution >= 4 is 26.1 Å². The summed E-state index contributed by atoms with van der Waals surface area (Å²) >= 11 is 0. The largest absolute Gasteiger partial charge is 0.459 e. The maximum atomic E-state index is 13.8. The fraction of sp³-hybridized carbons (Fsp3) is 0.906. The molecule has 1 rings (SSSR count). The summed E-state index contributed by atoms with van der Waals surface area (Å²) in [5.41, 5.74) is -0.672. The van der Waals surface area contributed by atoms with Crippen molar-refractivity contribution in [1.29, 1.82) is 0 Å². The molecule has 3 N–H and O–H groups in total. The lowest BCUT2D eigenvalue weighted by Gasteiger charge is -2.36. The molecule has 0 aliphatic carbocycles. The van der Waals surface area contributed by atoms with Crippen molar-refractivity contribution in [2.24, 2.45) is 11.8 Å². The molecule has 2 amide bonds. The Morgan fingerprint density at radius 2 is 1.42 bits per heavy atom. The minimum atomic E-state index is -2.03. The molecule has 1 saturated heterocycles. The van der Waals surface area contributed by atoms with Crippen molar-refractivity contribution in [3.05, 3.63) is 0 Å². The number of esters is 1. The fourth-order valence-electron chi connectivity index (χ4n) is 4.52. The third-order valence-corrected chi connectivity index (χ3v) is 12.5. The molecule has 1 aliphatic heterocycles. The van der Waals surface area contributed by atoms with E-state index in [1.54, 1.807) is 0 Å². The SMILES string of the molecule is CC(C)C[C@H](NC(=O)[C@H](CC(C)C)N[C@H](CCO[Si](C)(C)C(C)(C)C)C(=O)OC(C)(C)C)C(=O)NCCN1CCOCC1. The Bertz CT molecular complexity index is 863. The van der Waals surface area contributed by atoms with Gasteiger partial charge in [-0.3, -0.25) is 24.6 Å². The van der Waals surface area contributed by atoms with E-state index in [1.165, 1.54) is 0 Å². The lowest BCUT2D eigenvalue weighted by atomic mass is 9.99. The highest BCUT2D eigenvalue weighted by Gasteiger charge is 2.38. The van der Waals surface area contributed by atoms with E-state index in [0.717, 1.165) is 19.6 Å². The first-order valence-corrected chi connectivity index (χ1v) is 19.1. The van der Waals surface area contributed by atoms with Gasteiger partial charge >= 0.3 is 5.97 Å². The topological polar surface area (TPSA) is 118 Å². The van der Waals surface area contributed by atoms with E-state index in [4.69, 9.17) is 13.9 Å². The molecule has 0 saturated carbocycles. The number of ether oxygens (including phenoxy) is 2. The van der Waals surface area contributed by atoms with Gasteiger partial charge in [0.25, 0.3) is 0 Å². The van der Waals surface area contributed by atoms with E-state index in [9.17, 15) is 14.4 Å². The van der Waals surface area contributed by atoms with Crippen LogP contribution in [0.4, 0.5) is 0 Å². The minimum Gasteiger partial charge on any atom is -0.459 e. The van der Waals surface area contributed by atoms with Crippen LogP contribution >= 0.6 is 0 Å². The fourth-order valence-corrected chi connectivity index (χ4v) is 5.58. The van der Waals surface area contributed by atoms with Crippen LogP contribution in [0.2, 0.25) is 18.1 Å². The Hall–Kier alpha value is -1.53. The quantitative estimate of drug-likeness (QED) is 0.163. The first-order chi connectivity index (χ1) is 19.7. The maximum Gasteiger partial charge on any atom is 0.323 e. The summed E-state index contributed by atoms with van der Waals surface area (Å²) in [6.07, 6.45) is 1.39. The second kappa shape index (κ2) is 17.8. The molecule has 1 fully saturated rings. The molecule has 1 aliphatic rings. The highest BCUT2D eigenvalue weighted by atomic mass is 28.4. The van der Waals surface area contributed by atoms with Gasteiger partial charge in [0, 0.05) is 32.8 Å². The molecule has 0 bridgehead atoms. The van der Waals surface area contributed by atoms with Crippen molar-refractivity contribution in [2.75, 3.05) is 46.0 Å². The van der Waals surface area contributed by atoms with E-state index >= 15 is 0 Å². The second-order valence-electron chi connectivity index (χ2n) is 15.3. The number of carbonyl (C=O) groups is 3. The standard InChI is InChI=1S/C32H64N4O6Si/c1-23(2)21-26(28(37)33-14-15-36-16-19-40-20-17-36)35-29(38)27(22-24(3)4)34-25(30(39)42-31(5,6)7)13-18-41-43(11,12)32(8,9)10/h23-27,34H,13-22H2,1-12H3,(H,33,37)(H,35,38)/t25-,26+,27+/m1/s1. The number of hydrogen-bond acceptors (Lipinski definition) is 8. The van der Waals surface area contributed by atoms with Crippen LogP contribution in [-0.4, -0.2) is 101 Å². The van der Waals surface area contributed by atoms with Crippen molar-refractivity contribution in [3.63, 3.8) is 0 Å². The average molecular weight is 629 g/mol. The van der Waals surface area contributed by atoms with Crippen LogP contribution < -0.4 is 16.0 Å². The van der Waals surface area contributed by atoms with Gasteiger partial charge in [-0.05, 0) is 70.0 Å². The van der Waals surface area contributed by atoms with Crippen LogP contribution in [0.3, 0.4) is 0 Å². The molecular formula is C32H64N4O6Si.